The maximum atomic E-state index is 13.2. The fourth-order valence-electron chi connectivity index (χ4n) is 4.83. The Labute approximate surface area is 232 Å². The summed E-state index contributed by atoms with van der Waals surface area (Å²) in [6.07, 6.45) is -0.428. The van der Waals surface area contributed by atoms with Crippen molar-refractivity contribution in [1.29, 1.82) is 0 Å². The number of fused-ring (bicyclic) bond motifs is 1. The summed E-state index contributed by atoms with van der Waals surface area (Å²) in [5.41, 5.74) is 0.377. The van der Waals surface area contributed by atoms with Gasteiger partial charge >= 0.3 is 6.09 Å². The summed E-state index contributed by atoms with van der Waals surface area (Å²) in [4.78, 5) is 64.9. The normalized spacial score (nSPS) is 21.7. The minimum Gasteiger partial charge on any atom is -0.444 e. The second-order valence-corrected chi connectivity index (χ2v) is 10.9. The number of nitrogens with one attached hydrogen (secondary N) is 3. The highest BCUT2D eigenvalue weighted by molar-refractivity contribution is 6.25. The molecule has 0 aliphatic carbocycles. The molecule has 1 unspecified atom stereocenters. The molecular weight excluding hydrogens is 522 g/mol. The number of morpholine rings is 1. The van der Waals surface area contributed by atoms with Gasteiger partial charge in [-0.2, -0.15) is 0 Å². The number of ether oxygens (including phenoxy) is 3. The van der Waals surface area contributed by atoms with Gasteiger partial charge in [0.1, 0.15) is 11.6 Å². The number of hydrogen-bond donors (Lipinski definition) is 3. The predicted molar refractivity (Wildman–Crippen MR) is 143 cm³/mol. The van der Waals surface area contributed by atoms with Crippen LogP contribution in [0.2, 0.25) is 0 Å². The van der Waals surface area contributed by atoms with Gasteiger partial charge in [-0.25, -0.2) is 4.79 Å². The molecule has 13 nitrogen and oxygen atoms in total. The third-order valence-electron chi connectivity index (χ3n) is 6.68. The Morgan fingerprint density at radius 3 is 2.70 bits per heavy atom. The van der Waals surface area contributed by atoms with Gasteiger partial charge in [-0.1, -0.05) is 6.07 Å². The maximum absolute atomic E-state index is 13.2. The number of carbonyl (C=O) groups excluding carboxylic acids is 5. The van der Waals surface area contributed by atoms with Gasteiger partial charge in [0.15, 0.2) is 0 Å². The zero-order valence-corrected chi connectivity index (χ0v) is 23.1. The highest BCUT2D eigenvalue weighted by Gasteiger charge is 2.45. The van der Waals surface area contributed by atoms with Crippen molar-refractivity contribution >= 4 is 35.4 Å². The number of anilines is 1. The minimum atomic E-state index is -1.01. The third-order valence-corrected chi connectivity index (χ3v) is 6.68. The molecule has 3 N–H and O–H groups in total. The maximum Gasteiger partial charge on any atom is 0.407 e. The lowest BCUT2D eigenvalue weighted by Gasteiger charge is -2.33. The van der Waals surface area contributed by atoms with E-state index in [4.69, 9.17) is 14.2 Å². The number of rotatable bonds is 10. The molecule has 5 amide bonds. The van der Waals surface area contributed by atoms with E-state index in [9.17, 15) is 24.0 Å². The zero-order valence-electron chi connectivity index (χ0n) is 23.1. The van der Waals surface area contributed by atoms with Crippen LogP contribution >= 0.6 is 0 Å². The van der Waals surface area contributed by atoms with Crippen LogP contribution in [0.4, 0.5) is 10.5 Å². The molecule has 13 heteroatoms. The highest BCUT2D eigenvalue weighted by atomic mass is 16.6. The monoisotopic (exact) mass is 559 g/mol. The summed E-state index contributed by atoms with van der Waals surface area (Å²) in [5.74, 6) is -2.15. The van der Waals surface area contributed by atoms with Gasteiger partial charge in [-0.05, 0) is 39.3 Å². The number of amides is 5. The summed E-state index contributed by atoms with van der Waals surface area (Å²) < 4.78 is 16.8. The van der Waals surface area contributed by atoms with Crippen LogP contribution in [0.15, 0.2) is 18.2 Å². The molecule has 218 valence electrons. The van der Waals surface area contributed by atoms with E-state index in [2.05, 4.69) is 20.9 Å². The van der Waals surface area contributed by atoms with Crippen molar-refractivity contribution in [3.05, 3.63) is 29.3 Å². The van der Waals surface area contributed by atoms with Gasteiger partial charge in [0.2, 0.25) is 11.8 Å². The van der Waals surface area contributed by atoms with E-state index < -0.39 is 41.4 Å². The minimum absolute atomic E-state index is 0.0698. The van der Waals surface area contributed by atoms with E-state index >= 15 is 0 Å². The summed E-state index contributed by atoms with van der Waals surface area (Å²) in [5, 5.41) is 8.10. The molecule has 3 heterocycles. The number of alkyl carbamates (subject to hydrolysis) is 1. The molecule has 0 spiro atoms. The quantitative estimate of drug-likeness (QED) is 0.276. The molecule has 40 heavy (non-hydrogen) atoms. The largest absolute Gasteiger partial charge is 0.444 e. The fraction of sp³-hybridized carbons (Fsp3) is 0.593. The Morgan fingerprint density at radius 2 is 1.95 bits per heavy atom. The van der Waals surface area contributed by atoms with Crippen molar-refractivity contribution in [2.45, 2.75) is 51.4 Å². The summed E-state index contributed by atoms with van der Waals surface area (Å²) in [6.45, 7) is 9.74. The van der Waals surface area contributed by atoms with Gasteiger partial charge < -0.3 is 24.8 Å². The van der Waals surface area contributed by atoms with Crippen LogP contribution in [-0.4, -0.2) is 110 Å². The van der Waals surface area contributed by atoms with Crippen LogP contribution < -0.4 is 16.0 Å². The molecule has 1 aromatic carbocycles. The van der Waals surface area contributed by atoms with E-state index in [1.165, 1.54) is 0 Å². The number of imide groups is 2. The standard InChI is InChI=1S/C27H37N5O8/c1-27(2,3)40-26(37)29-15-17-16-31(11-14-39-17)10-13-38-12-9-28-19-6-4-5-18-22(19)25(36)32(24(18)35)20-7-8-21(33)30-23(20)34/h4-6,17,20,28H,7-16H2,1-3H3,(H,29,37)(H,30,33,34)/t17-,20?/m1/s1. The first-order valence-corrected chi connectivity index (χ1v) is 13.5. The van der Waals surface area contributed by atoms with Gasteiger partial charge in [-0.15, -0.1) is 0 Å². The zero-order chi connectivity index (χ0) is 28.9. The van der Waals surface area contributed by atoms with E-state index in [0.717, 1.165) is 11.4 Å². The van der Waals surface area contributed by atoms with Crippen LogP contribution in [0.3, 0.4) is 0 Å². The van der Waals surface area contributed by atoms with Crippen LogP contribution in [0.25, 0.3) is 0 Å². The molecule has 0 saturated carbocycles. The Balaban J connectivity index is 1.19. The average Bonchev–Trinajstić information content (AvgIpc) is 3.14. The van der Waals surface area contributed by atoms with Crippen LogP contribution in [0.1, 0.15) is 54.3 Å². The van der Waals surface area contributed by atoms with Crippen molar-refractivity contribution in [3.63, 3.8) is 0 Å². The lowest BCUT2D eigenvalue weighted by Crippen LogP contribution is -2.54. The van der Waals surface area contributed by atoms with Crippen molar-refractivity contribution in [1.82, 2.24) is 20.4 Å². The van der Waals surface area contributed by atoms with Crippen molar-refractivity contribution in [2.75, 3.05) is 57.9 Å². The number of piperidine rings is 1. The van der Waals surface area contributed by atoms with E-state index in [1.54, 1.807) is 18.2 Å². The number of carbonyl (C=O) groups is 5. The molecule has 3 aliphatic rings. The Kier molecular flexibility index (Phi) is 9.38. The molecule has 2 saturated heterocycles. The molecule has 0 radical (unpaired) electrons. The molecular formula is C27H37N5O8. The predicted octanol–water partition coefficient (Wildman–Crippen LogP) is 0.742. The summed E-state index contributed by atoms with van der Waals surface area (Å²) in [7, 11) is 0. The second kappa shape index (κ2) is 12.7. The Morgan fingerprint density at radius 1 is 1.15 bits per heavy atom. The highest BCUT2D eigenvalue weighted by Crippen LogP contribution is 2.32. The molecule has 3 aliphatic heterocycles. The first-order valence-electron chi connectivity index (χ1n) is 13.5. The smallest absolute Gasteiger partial charge is 0.407 e. The van der Waals surface area contributed by atoms with Crippen LogP contribution in [0.5, 0.6) is 0 Å². The molecule has 0 aromatic heterocycles. The van der Waals surface area contributed by atoms with Crippen molar-refractivity contribution in [2.24, 2.45) is 0 Å². The van der Waals surface area contributed by atoms with Gasteiger partial charge in [0.25, 0.3) is 11.8 Å². The molecule has 4 rings (SSSR count). The lowest BCUT2D eigenvalue weighted by molar-refractivity contribution is -0.136. The number of nitrogens with zero attached hydrogens (tertiary/aromatic N) is 2. The first-order chi connectivity index (χ1) is 19.0. The Bertz CT molecular complexity index is 1150. The fourth-order valence-corrected chi connectivity index (χ4v) is 4.83. The van der Waals surface area contributed by atoms with E-state index in [-0.39, 0.29) is 30.1 Å². The van der Waals surface area contributed by atoms with E-state index in [1.807, 2.05) is 20.8 Å². The second-order valence-electron chi connectivity index (χ2n) is 10.9. The van der Waals surface area contributed by atoms with Crippen molar-refractivity contribution < 1.29 is 38.2 Å². The van der Waals surface area contributed by atoms with E-state index in [0.29, 0.717) is 51.7 Å². The van der Waals surface area contributed by atoms with Crippen molar-refractivity contribution in [3.8, 4) is 0 Å². The van der Waals surface area contributed by atoms with Gasteiger partial charge in [0, 0.05) is 44.8 Å². The lowest BCUT2D eigenvalue weighted by atomic mass is 10.0. The molecule has 2 atom stereocenters. The van der Waals surface area contributed by atoms with Gasteiger partial charge in [0.05, 0.1) is 37.1 Å². The summed E-state index contributed by atoms with van der Waals surface area (Å²) in [6, 6.07) is 3.93. The van der Waals surface area contributed by atoms with Crippen LogP contribution in [-0.2, 0) is 23.8 Å². The van der Waals surface area contributed by atoms with Crippen LogP contribution in [0, 0.1) is 0 Å². The SMILES string of the molecule is CC(C)(C)OC(=O)NC[C@@H]1CN(CCOCCNc2cccc3c2C(=O)N(C2CCC(=O)NC2=O)C3=O)CCO1. The number of hydrogen-bond acceptors (Lipinski definition) is 10. The average molecular weight is 560 g/mol. The third kappa shape index (κ3) is 7.34. The molecule has 1 aromatic rings. The number of benzene rings is 1. The first kappa shape index (κ1) is 29.4. The molecule has 2 fully saturated rings. The van der Waals surface area contributed by atoms with Gasteiger partial charge in [-0.3, -0.25) is 34.3 Å². The summed E-state index contributed by atoms with van der Waals surface area (Å²) >= 11 is 0. The Hall–Kier alpha value is -3.55. The molecule has 0 bridgehead atoms. The topological polar surface area (TPSA) is 156 Å².